The van der Waals surface area contributed by atoms with Crippen LogP contribution in [0.2, 0.25) is 0 Å². The second-order valence-corrected chi connectivity index (χ2v) is 7.16. The number of hydrogen-bond donors (Lipinski definition) is 1. The summed E-state index contributed by atoms with van der Waals surface area (Å²) in [6.45, 7) is 1.19. The van der Waals surface area contributed by atoms with Gasteiger partial charge in [-0.05, 0) is 47.9 Å². The summed E-state index contributed by atoms with van der Waals surface area (Å²) in [5, 5.41) is 9.26. The number of amides is 1. The van der Waals surface area contributed by atoms with Gasteiger partial charge in [-0.15, -0.1) is 0 Å². The Hall–Kier alpha value is -2.33. The van der Waals surface area contributed by atoms with Gasteiger partial charge < -0.3 is 14.7 Å². The predicted octanol–water partition coefficient (Wildman–Crippen LogP) is 4.17. The number of hydrogen-bond acceptors (Lipinski definition) is 3. The van der Waals surface area contributed by atoms with Gasteiger partial charge in [0.05, 0.1) is 0 Å². The minimum atomic E-state index is -0.245. The third-order valence-corrected chi connectivity index (χ3v) is 5.66. The number of fused-ring (bicyclic) bond motifs is 3. The van der Waals surface area contributed by atoms with E-state index < -0.39 is 0 Å². The van der Waals surface area contributed by atoms with Gasteiger partial charge in [0.15, 0.2) is 0 Å². The standard InChI is InChI=1S/C22H25NO3/c24-14-12-16-7-5-6-13-23(16)22(25)26-15-21-19-10-3-1-8-17(19)18-9-2-4-11-20(18)21/h1-4,8-11,16,21,24H,5-7,12-15H2. The Morgan fingerprint density at radius 1 is 1.04 bits per heavy atom. The maximum atomic E-state index is 12.7. The summed E-state index contributed by atoms with van der Waals surface area (Å²) in [7, 11) is 0. The Labute approximate surface area is 154 Å². The monoisotopic (exact) mass is 351 g/mol. The van der Waals surface area contributed by atoms with Crippen molar-refractivity contribution in [2.45, 2.75) is 37.6 Å². The molecule has 0 aromatic heterocycles. The molecule has 2 aliphatic rings. The van der Waals surface area contributed by atoms with E-state index in [1.54, 1.807) is 0 Å². The van der Waals surface area contributed by atoms with E-state index in [4.69, 9.17) is 4.74 Å². The summed E-state index contributed by atoms with van der Waals surface area (Å²) in [5.41, 5.74) is 4.93. The molecule has 26 heavy (non-hydrogen) atoms. The number of nitrogens with zero attached hydrogens (tertiary/aromatic N) is 1. The zero-order valence-electron chi connectivity index (χ0n) is 14.9. The zero-order valence-corrected chi connectivity index (χ0v) is 14.9. The SMILES string of the molecule is O=C(OCC1c2ccccc2-c2ccccc21)N1CCCCC1CCO. The molecule has 2 aromatic carbocycles. The van der Waals surface area contributed by atoms with Crippen LogP contribution in [0.25, 0.3) is 11.1 Å². The third-order valence-electron chi connectivity index (χ3n) is 5.66. The number of aliphatic hydroxyl groups is 1. The van der Waals surface area contributed by atoms with E-state index in [1.165, 1.54) is 22.3 Å². The molecule has 1 unspecified atom stereocenters. The van der Waals surface area contributed by atoms with E-state index in [2.05, 4.69) is 36.4 Å². The van der Waals surface area contributed by atoms with Crippen molar-refractivity contribution in [2.75, 3.05) is 19.8 Å². The van der Waals surface area contributed by atoms with Crippen LogP contribution in [0.5, 0.6) is 0 Å². The highest BCUT2D eigenvalue weighted by molar-refractivity contribution is 5.79. The quantitative estimate of drug-likeness (QED) is 0.899. The number of likely N-dealkylation sites (tertiary alicyclic amines) is 1. The number of benzene rings is 2. The Balaban J connectivity index is 1.50. The highest BCUT2D eigenvalue weighted by Crippen LogP contribution is 2.44. The van der Waals surface area contributed by atoms with Crippen LogP contribution in [-0.4, -0.2) is 41.9 Å². The zero-order chi connectivity index (χ0) is 17.9. The van der Waals surface area contributed by atoms with Gasteiger partial charge in [0.2, 0.25) is 0 Å². The molecule has 2 aromatic rings. The lowest BCUT2D eigenvalue weighted by molar-refractivity contribution is 0.0641. The highest BCUT2D eigenvalue weighted by atomic mass is 16.6. The topological polar surface area (TPSA) is 49.8 Å². The molecule has 4 nitrogen and oxygen atoms in total. The third kappa shape index (κ3) is 3.10. The van der Waals surface area contributed by atoms with Gasteiger partial charge in [0.1, 0.15) is 6.61 Å². The molecule has 0 spiro atoms. The van der Waals surface area contributed by atoms with Gasteiger partial charge in [-0.2, -0.15) is 0 Å². The highest BCUT2D eigenvalue weighted by Gasteiger charge is 2.31. The maximum absolute atomic E-state index is 12.7. The van der Waals surface area contributed by atoms with Gasteiger partial charge in [0.25, 0.3) is 0 Å². The average Bonchev–Trinajstić information content (AvgIpc) is 3.01. The average molecular weight is 351 g/mol. The summed E-state index contributed by atoms with van der Waals surface area (Å²) in [5.74, 6) is 0.0902. The number of rotatable bonds is 4. The Bertz CT molecular complexity index is 741. The molecule has 0 radical (unpaired) electrons. The van der Waals surface area contributed by atoms with Gasteiger partial charge in [-0.3, -0.25) is 0 Å². The van der Waals surface area contributed by atoms with Crippen LogP contribution in [0.1, 0.15) is 42.7 Å². The van der Waals surface area contributed by atoms with Crippen molar-refractivity contribution in [1.29, 1.82) is 0 Å². The summed E-state index contributed by atoms with van der Waals surface area (Å²) >= 11 is 0. The fourth-order valence-electron chi connectivity index (χ4n) is 4.37. The van der Waals surface area contributed by atoms with E-state index in [0.717, 1.165) is 25.8 Å². The summed E-state index contributed by atoms with van der Waals surface area (Å²) in [6, 6.07) is 16.8. The lowest BCUT2D eigenvalue weighted by Gasteiger charge is -2.34. The molecule has 1 fully saturated rings. The first-order chi connectivity index (χ1) is 12.8. The molecular formula is C22H25NO3. The lowest BCUT2D eigenvalue weighted by Crippen LogP contribution is -2.44. The molecule has 1 amide bonds. The van der Waals surface area contributed by atoms with Gasteiger partial charge >= 0.3 is 6.09 Å². The van der Waals surface area contributed by atoms with Crippen LogP contribution < -0.4 is 0 Å². The molecule has 1 aliphatic carbocycles. The van der Waals surface area contributed by atoms with E-state index in [9.17, 15) is 9.90 Å². The minimum absolute atomic E-state index is 0.0902. The summed E-state index contributed by atoms with van der Waals surface area (Å²) < 4.78 is 5.76. The number of ether oxygens (including phenoxy) is 1. The van der Waals surface area contributed by atoms with E-state index in [0.29, 0.717) is 13.0 Å². The van der Waals surface area contributed by atoms with Crippen molar-refractivity contribution in [3.63, 3.8) is 0 Å². The van der Waals surface area contributed by atoms with Crippen LogP contribution in [0.15, 0.2) is 48.5 Å². The van der Waals surface area contributed by atoms with Gasteiger partial charge in [0, 0.05) is 25.1 Å². The normalized spacial score (nSPS) is 19.1. The van der Waals surface area contributed by atoms with Crippen LogP contribution in [0, 0.1) is 0 Å². The molecule has 4 rings (SSSR count). The smallest absolute Gasteiger partial charge is 0.410 e. The van der Waals surface area contributed by atoms with Crippen molar-refractivity contribution in [3.8, 4) is 11.1 Å². The largest absolute Gasteiger partial charge is 0.448 e. The van der Waals surface area contributed by atoms with Crippen LogP contribution >= 0.6 is 0 Å². The van der Waals surface area contributed by atoms with E-state index >= 15 is 0 Å². The predicted molar refractivity (Wildman–Crippen MR) is 101 cm³/mol. The molecule has 0 bridgehead atoms. The number of aliphatic hydroxyl groups excluding tert-OH is 1. The summed E-state index contributed by atoms with van der Waals surface area (Å²) in [6.07, 6.45) is 3.45. The number of piperidine rings is 1. The molecule has 1 aliphatic heterocycles. The second-order valence-electron chi connectivity index (χ2n) is 7.16. The molecule has 0 saturated carbocycles. The van der Waals surface area contributed by atoms with Crippen molar-refractivity contribution < 1.29 is 14.6 Å². The molecule has 1 N–H and O–H groups in total. The lowest BCUT2D eigenvalue weighted by atomic mass is 9.98. The minimum Gasteiger partial charge on any atom is -0.448 e. The molecule has 136 valence electrons. The van der Waals surface area contributed by atoms with Crippen LogP contribution in [0.4, 0.5) is 4.79 Å². The Kier molecular flexibility index (Phi) is 4.93. The number of carbonyl (C=O) groups excluding carboxylic acids is 1. The molecule has 1 heterocycles. The van der Waals surface area contributed by atoms with Crippen LogP contribution in [0.3, 0.4) is 0 Å². The fourth-order valence-corrected chi connectivity index (χ4v) is 4.37. The molecule has 4 heteroatoms. The Morgan fingerprint density at radius 3 is 2.35 bits per heavy atom. The van der Waals surface area contributed by atoms with Crippen LogP contribution in [-0.2, 0) is 4.74 Å². The summed E-state index contributed by atoms with van der Waals surface area (Å²) in [4.78, 5) is 14.5. The fraction of sp³-hybridized carbons (Fsp3) is 0.409. The maximum Gasteiger partial charge on any atom is 0.410 e. The van der Waals surface area contributed by atoms with Crippen molar-refractivity contribution in [3.05, 3.63) is 59.7 Å². The molecule has 1 atom stereocenters. The molecular weight excluding hydrogens is 326 g/mol. The Morgan fingerprint density at radius 2 is 1.69 bits per heavy atom. The second kappa shape index (κ2) is 7.50. The van der Waals surface area contributed by atoms with E-state index in [-0.39, 0.29) is 24.7 Å². The first-order valence-corrected chi connectivity index (χ1v) is 9.52. The van der Waals surface area contributed by atoms with E-state index in [1.807, 2.05) is 17.0 Å². The first-order valence-electron chi connectivity index (χ1n) is 9.52. The number of carbonyl (C=O) groups is 1. The van der Waals surface area contributed by atoms with Crippen molar-refractivity contribution in [2.24, 2.45) is 0 Å². The molecule has 1 saturated heterocycles. The van der Waals surface area contributed by atoms with Crippen molar-refractivity contribution >= 4 is 6.09 Å². The van der Waals surface area contributed by atoms with Gasteiger partial charge in [-0.25, -0.2) is 4.79 Å². The first kappa shape index (κ1) is 17.1. The van der Waals surface area contributed by atoms with Crippen molar-refractivity contribution in [1.82, 2.24) is 4.90 Å². The van der Waals surface area contributed by atoms with Gasteiger partial charge in [-0.1, -0.05) is 48.5 Å².